The number of hydrogen-bond acceptors (Lipinski definition) is 3. The maximum Gasteiger partial charge on any atom is 0.320 e. The Balaban J connectivity index is 1.76. The van der Waals surface area contributed by atoms with Gasteiger partial charge >= 0.3 is 5.97 Å². The molecule has 2 aliphatic rings. The van der Waals surface area contributed by atoms with Gasteiger partial charge in [-0.15, -0.1) is 11.8 Å². The second-order valence-electron chi connectivity index (χ2n) is 5.04. The summed E-state index contributed by atoms with van der Waals surface area (Å²) in [5, 5.41) is 12.4. The molecule has 0 aromatic heterocycles. The zero-order valence-corrected chi connectivity index (χ0v) is 11.0. The van der Waals surface area contributed by atoms with Gasteiger partial charge < -0.3 is 5.11 Å². The zero-order chi connectivity index (χ0) is 12.5. The van der Waals surface area contributed by atoms with E-state index in [0.29, 0.717) is 6.42 Å². The van der Waals surface area contributed by atoms with Crippen LogP contribution in [0.15, 0.2) is 24.3 Å². The summed E-state index contributed by atoms with van der Waals surface area (Å²) in [4.78, 5) is 11.0. The van der Waals surface area contributed by atoms with E-state index in [0.717, 1.165) is 11.7 Å². The lowest BCUT2D eigenvalue weighted by Crippen LogP contribution is -2.41. The van der Waals surface area contributed by atoms with Crippen LogP contribution in [0.5, 0.6) is 0 Å². The number of hydrogen-bond donors (Lipinski definition) is 2. The third kappa shape index (κ3) is 2.54. The molecule has 2 atom stereocenters. The molecular formula is C14H17NO2S. The van der Waals surface area contributed by atoms with Gasteiger partial charge in [-0.3, -0.25) is 10.1 Å². The standard InChI is InChI=1S/C14H17NO2S/c16-14(17)12-6-7-18-13(15-12)11-3-1-2-10(8-11)9-4-5-9/h1-3,8-9,12-13,15H,4-7H2,(H,16,17). The highest BCUT2D eigenvalue weighted by Crippen LogP contribution is 2.41. The number of thioether (sulfide) groups is 1. The van der Waals surface area contributed by atoms with E-state index in [4.69, 9.17) is 5.11 Å². The average molecular weight is 263 g/mol. The van der Waals surface area contributed by atoms with Crippen LogP contribution >= 0.6 is 11.8 Å². The van der Waals surface area contributed by atoms with Crippen LogP contribution in [0.3, 0.4) is 0 Å². The summed E-state index contributed by atoms with van der Waals surface area (Å²) in [6, 6.07) is 8.22. The van der Waals surface area contributed by atoms with Crippen LogP contribution < -0.4 is 5.32 Å². The van der Waals surface area contributed by atoms with Crippen LogP contribution in [-0.4, -0.2) is 22.9 Å². The Bertz CT molecular complexity index is 459. The van der Waals surface area contributed by atoms with Gasteiger partial charge in [-0.25, -0.2) is 0 Å². The average Bonchev–Trinajstić information content (AvgIpc) is 3.23. The van der Waals surface area contributed by atoms with Crippen LogP contribution in [0.2, 0.25) is 0 Å². The number of rotatable bonds is 3. The maximum atomic E-state index is 11.0. The van der Waals surface area contributed by atoms with Gasteiger partial charge in [0, 0.05) is 0 Å². The first-order valence-electron chi connectivity index (χ1n) is 6.44. The van der Waals surface area contributed by atoms with Crippen molar-refractivity contribution in [2.75, 3.05) is 5.75 Å². The van der Waals surface area contributed by atoms with E-state index in [2.05, 4.69) is 29.6 Å². The monoisotopic (exact) mass is 263 g/mol. The van der Waals surface area contributed by atoms with E-state index >= 15 is 0 Å². The first-order chi connectivity index (χ1) is 8.74. The molecule has 4 heteroatoms. The predicted molar refractivity (Wildman–Crippen MR) is 72.8 cm³/mol. The molecule has 0 bridgehead atoms. The van der Waals surface area contributed by atoms with E-state index in [1.54, 1.807) is 11.8 Å². The van der Waals surface area contributed by atoms with Crippen LogP contribution in [0.4, 0.5) is 0 Å². The lowest BCUT2D eigenvalue weighted by molar-refractivity contribution is -0.139. The van der Waals surface area contributed by atoms with Crippen molar-refractivity contribution >= 4 is 17.7 Å². The minimum absolute atomic E-state index is 0.124. The minimum Gasteiger partial charge on any atom is -0.480 e. The number of aliphatic carboxylic acids is 1. The first kappa shape index (κ1) is 12.1. The predicted octanol–water partition coefficient (Wildman–Crippen LogP) is 2.74. The number of carboxylic acid groups (broad SMARTS) is 1. The second kappa shape index (κ2) is 4.94. The normalized spacial score (nSPS) is 28.0. The fourth-order valence-electron chi connectivity index (χ4n) is 2.40. The van der Waals surface area contributed by atoms with Crippen molar-refractivity contribution in [1.29, 1.82) is 0 Å². The molecule has 2 N–H and O–H groups in total. The van der Waals surface area contributed by atoms with E-state index in [1.165, 1.54) is 24.0 Å². The van der Waals surface area contributed by atoms with Crippen molar-refractivity contribution in [2.45, 2.75) is 36.6 Å². The summed E-state index contributed by atoms with van der Waals surface area (Å²) in [6.07, 6.45) is 3.30. The van der Waals surface area contributed by atoms with Gasteiger partial charge in [0.25, 0.3) is 0 Å². The highest BCUT2D eigenvalue weighted by molar-refractivity contribution is 7.99. The van der Waals surface area contributed by atoms with Gasteiger partial charge in [-0.1, -0.05) is 24.3 Å². The minimum atomic E-state index is -0.737. The highest BCUT2D eigenvalue weighted by Gasteiger charge is 2.28. The Kier molecular flexibility index (Phi) is 3.31. The molecule has 96 valence electrons. The van der Waals surface area contributed by atoms with Gasteiger partial charge in [0.1, 0.15) is 6.04 Å². The number of carboxylic acids is 1. The Morgan fingerprint density at radius 1 is 1.28 bits per heavy atom. The molecule has 1 aromatic rings. The lowest BCUT2D eigenvalue weighted by atomic mass is 10.1. The Hall–Kier alpha value is -1.00. The van der Waals surface area contributed by atoms with Gasteiger partial charge in [-0.05, 0) is 42.1 Å². The lowest BCUT2D eigenvalue weighted by Gasteiger charge is -2.28. The largest absolute Gasteiger partial charge is 0.480 e. The molecule has 0 radical (unpaired) electrons. The molecule has 1 saturated heterocycles. The van der Waals surface area contributed by atoms with Gasteiger partial charge in [0.15, 0.2) is 0 Å². The summed E-state index contributed by atoms with van der Waals surface area (Å²) >= 11 is 1.80. The molecule has 1 aliphatic heterocycles. The number of carbonyl (C=O) groups is 1. The quantitative estimate of drug-likeness (QED) is 0.880. The third-order valence-corrected chi connectivity index (χ3v) is 4.82. The molecule has 18 heavy (non-hydrogen) atoms. The molecule has 1 aromatic carbocycles. The molecular weight excluding hydrogens is 246 g/mol. The van der Waals surface area contributed by atoms with Gasteiger partial charge in [-0.2, -0.15) is 0 Å². The third-order valence-electron chi connectivity index (χ3n) is 3.60. The van der Waals surface area contributed by atoms with Gasteiger partial charge in [0.05, 0.1) is 5.37 Å². The number of benzene rings is 1. The van der Waals surface area contributed by atoms with Crippen molar-refractivity contribution in [3.8, 4) is 0 Å². The van der Waals surface area contributed by atoms with Crippen molar-refractivity contribution in [3.63, 3.8) is 0 Å². The molecule has 1 saturated carbocycles. The molecule has 0 amide bonds. The number of nitrogens with one attached hydrogen (secondary N) is 1. The first-order valence-corrected chi connectivity index (χ1v) is 7.49. The van der Waals surface area contributed by atoms with Crippen LogP contribution in [0, 0.1) is 0 Å². The molecule has 0 spiro atoms. The van der Waals surface area contributed by atoms with Crippen molar-refractivity contribution in [3.05, 3.63) is 35.4 Å². The van der Waals surface area contributed by atoms with E-state index in [-0.39, 0.29) is 5.37 Å². The zero-order valence-electron chi connectivity index (χ0n) is 10.1. The van der Waals surface area contributed by atoms with Crippen molar-refractivity contribution < 1.29 is 9.90 Å². The summed E-state index contributed by atoms with van der Waals surface area (Å²) in [5.41, 5.74) is 2.63. The topological polar surface area (TPSA) is 49.3 Å². The van der Waals surface area contributed by atoms with E-state index in [9.17, 15) is 4.79 Å². The summed E-state index contributed by atoms with van der Waals surface area (Å²) in [5.74, 6) is 0.912. The summed E-state index contributed by atoms with van der Waals surface area (Å²) in [7, 11) is 0. The summed E-state index contributed by atoms with van der Waals surface area (Å²) < 4.78 is 0. The van der Waals surface area contributed by atoms with Crippen molar-refractivity contribution in [2.24, 2.45) is 0 Å². The van der Waals surface area contributed by atoms with Gasteiger partial charge in [0.2, 0.25) is 0 Å². The molecule has 2 fully saturated rings. The smallest absolute Gasteiger partial charge is 0.320 e. The van der Waals surface area contributed by atoms with Crippen molar-refractivity contribution in [1.82, 2.24) is 5.32 Å². The molecule has 1 heterocycles. The Morgan fingerprint density at radius 2 is 2.06 bits per heavy atom. The SMILES string of the molecule is O=C(O)C1CCSC(c2cccc(C3CC3)c2)N1. The van der Waals surface area contributed by atoms with E-state index in [1.807, 2.05) is 0 Å². The van der Waals surface area contributed by atoms with Crippen LogP contribution in [0.25, 0.3) is 0 Å². The molecule has 2 unspecified atom stereocenters. The Labute approximate surface area is 111 Å². The Morgan fingerprint density at radius 3 is 2.78 bits per heavy atom. The van der Waals surface area contributed by atoms with Crippen LogP contribution in [0.1, 0.15) is 41.7 Å². The summed E-state index contributed by atoms with van der Waals surface area (Å²) in [6.45, 7) is 0. The van der Waals surface area contributed by atoms with E-state index < -0.39 is 12.0 Å². The fraction of sp³-hybridized carbons (Fsp3) is 0.500. The van der Waals surface area contributed by atoms with Crippen LogP contribution in [-0.2, 0) is 4.79 Å². The molecule has 1 aliphatic carbocycles. The maximum absolute atomic E-state index is 11.0. The highest BCUT2D eigenvalue weighted by atomic mass is 32.2. The second-order valence-corrected chi connectivity index (χ2v) is 6.25. The molecule has 3 rings (SSSR count). The molecule has 3 nitrogen and oxygen atoms in total. The fourth-order valence-corrected chi connectivity index (χ4v) is 3.60.